The molecule has 0 unspecified atom stereocenters. The van der Waals surface area contributed by atoms with Gasteiger partial charge in [0.1, 0.15) is 4.83 Å². The molecule has 1 aliphatic rings. The van der Waals surface area contributed by atoms with Gasteiger partial charge >= 0.3 is 0 Å². The van der Waals surface area contributed by atoms with E-state index in [0.717, 1.165) is 28.6 Å². The van der Waals surface area contributed by atoms with Crippen LogP contribution in [-0.4, -0.2) is 58.8 Å². The largest absolute Gasteiger partial charge is 0.344 e. The third kappa shape index (κ3) is 3.67. The number of hydrogen-bond acceptors (Lipinski definition) is 5. The molecular weight excluding hydrogens is 388 g/mol. The van der Waals surface area contributed by atoms with Crippen LogP contribution in [0.1, 0.15) is 44.4 Å². The van der Waals surface area contributed by atoms with Crippen LogP contribution in [0.15, 0.2) is 41.5 Å². The Balaban J connectivity index is 1.69. The maximum Gasteiger partial charge on any atom is 0.263 e. The van der Waals surface area contributed by atoms with Crippen LogP contribution in [0.5, 0.6) is 0 Å². The number of carbonyl (C=O) groups is 2. The average molecular weight is 410 g/mol. The molecule has 0 saturated carbocycles. The first kappa shape index (κ1) is 19.3. The normalized spacial score (nSPS) is 16.8. The third-order valence-electron chi connectivity index (χ3n) is 5.25. The van der Waals surface area contributed by atoms with Crippen molar-refractivity contribution in [1.82, 2.24) is 19.8 Å². The lowest BCUT2D eigenvalue weighted by atomic mass is 9.88. The molecule has 0 radical (unpaired) electrons. The number of likely N-dealkylation sites (tertiary alicyclic amines) is 1. The first-order chi connectivity index (χ1) is 14.0. The molecule has 1 fully saturated rings. The molecule has 7 nitrogen and oxygen atoms in total. The lowest BCUT2D eigenvalue weighted by Gasteiger charge is -2.33. The minimum absolute atomic E-state index is 0.0351. The van der Waals surface area contributed by atoms with Crippen LogP contribution in [0, 0.1) is 0 Å². The van der Waals surface area contributed by atoms with Crippen molar-refractivity contribution in [2.75, 3.05) is 27.2 Å². The number of aromatic amines is 1. The number of pyridine rings is 2. The van der Waals surface area contributed by atoms with Crippen LogP contribution in [0.25, 0.3) is 10.2 Å². The predicted octanol–water partition coefficient (Wildman–Crippen LogP) is 2.71. The topological polar surface area (TPSA) is 86.4 Å². The summed E-state index contributed by atoms with van der Waals surface area (Å²) in [7, 11) is 3.49. The number of H-pyrrole nitrogens is 1. The van der Waals surface area contributed by atoms with Crippen LogP contribution in [0.2, 0.25) is 0 Å². The van der Waals surface area contributed by atoms with E-state index < -0.39 is 0 Å². The molecule has 0 aliphatic carbocycles. The molecule has 4 heterocycles. The van der Waals surface area contributed by atoms with Crippen LogP contribution in [0.3, 0.4) is 0 Å². The van der Waals surface area contributed by atoms with Crippen molar-refractivity contribution in [3.63, 3.8) is 0 Å². The monoisotopic (exact) mass is 410 g/mol. The van der Waals surface area contributed by atoms with Crippen molar-refractivity contribution in [3.05, 3.63) is 63.0 Å². The zero-order chi connectivity index (χ0) is 20.5. The summed E-state index contributed by atoms with van der Waals surface area (Å²) in [6.45, 7) is 1.19. The Hall–Kier alpha value is -3.00. The average Bonchev–Trinajstić information content (AvgIpc) is 3.12. The highest BCUT2D eigenvalue weighted by Gasteiger charge is 2.31. The van der Waals surface area contributed by atoms with E-state index in [0.29, 0.717) is 23.5 Å². The van der Waals surface area contributed by atoms with E-state index in [4.69, 9.17) is 0 Å². The summed E-state index contributed by atoms with van der Waals surface area (Å²) in [4.78, 5) is 49.0. The van der Waals surface area contributed by atoms with Crippen LogP contribution >= 0.6 is 11.3 Å². The van der Waals surface area contributed by atoms with Gasteiger partial charge in [-0.25, -0.2) is 4.98 Å². The van der Waals surface area contributed by atoms with E-state index in [-0.39, 0.29) is 23.3 Å². The number of carbonyl (C=O) groups excluding carboxylic acids is 2. The number of nitrogens with zero attached hydrogens (tertiary/aromatic N) is 3. The number of nitrogens with one attached hydrogen (secondary N) is 1. The molecule has 0 spiro atoms. The van der Waals surface area contributed by atoms with Gasteiger partial charge in [-0.05, 0) is 30.5 Å². The van der Waals surface area contributed by atoms with Crippen LogP contribution in [-0.2, 0) is 0 Å². The molecule has 1 atom stereocenters. The van der Waals surface area contributed by atoms with E-state index in [9.17, 15) is 14.4 Å². The van der Waals surface area contributed by atoms with E-state index >= 15 is 0 Å². The van der Waals surface area contributed by atoms with Gasteiger partial charge in [-0.2, -0.15) is 0 Å². The highest BCUT2D eigenvalue weighted by molar-refractivity contribution is 7.20. The first-order valence-electron chi connectivity index (χ1n) is 9.53. The van der Waals surface area contributed by atoms with Crippen molar-refractivity contribution in [3.8, 4) is 0 Å². The van der Waals surface area contributed by atoms with Gasteiger partial charge in [0.2, 0.25) is 5.56 Å². The maximum atomic E-state index is 12.9. The molecule has 4 rings (SSSR count). The van der Waals surface area contributed by atoms with Crippen LogP contribution in [0.4, 0.5) is 0 Å². The Bertz CT molecular complexity index is 1110. The van der Waals surface area contributed by atoms with E-state index in [1.54, 1.807) is 31.3 Å². The van der Waals surface area contributed by atoms with Gasteiger partial charge in [-0.3, -0.25) is 14.4 Å². The fraction of sp³-hybridized carbons (Fsp3) is 0.333. The van der Waals surface area contributed by atoms with Crippen molar-refractivity contribution in [2.45, 2.75) is 18.8 Å². The van der Waals surface area contributed by atoms with Crippen molar-refractivity contribution < 1.29 is 9.59 Å². The molecule has 3 aromatic rings. The Labute approximate surface area is 172 Å². The quantitative estimate of drug-likeness (QED) is 0.719. The van der Waals surface area contributed by atoms with E-state index in [2.05, 4.69) is 9.97 Å². The number of thiophene rings is 1. The number of amides is 2. The minimum Gasteiger partial charge on any atom is -0.344 e. The molecule has 1 N–H and O–H groups in total. The molecule has 1 saturated heterocycles. The molecule has 0 aromatic carbocycles. The number of hydrogen-bond donors (Lipinski definition) is 1. The first-order valence-corrected chi connectivity index (χ1v) is 10.3. The number of piperidine rings is 1. The number of rotatable bonds is 3. The number of fused-ring (bicyclic) bond motifs is 1. The minimum atomic E-state index is -0.234. The summed E-state index contributed by atoms with van der Waals surface area (Å²) in [6, 6.07) is 6.80. The second-order valence-electron chi connectivity index (χ2n) is 7.43. The Morgan fingerprint density at radius 1 is 1.28 bits per heavy atom. The molecular formula is C21H22N4O3S. The smallest absolute Gasteiger partial charge is 0.263 e. The van der Waals surface area contributed by atoms with Crippen molar-refractivity contribution >= 4 is 33.4 Å². The molecule has 8 heteroatoms. The lowest BCUT2D eigenvalue weighted by molar-refractivity contribution is 0.0707. The molecule has 1 aliphatic heterocycles. The molecule has 2 amide bonds. The third-order valence-corrected chi connectivity index (χ3v) is 6.37. The van der Waals surface area contributed by atoms with Crippen molar-refractivity contribution in [2.24, 2.45) is 0 Å². The highest BCUT2D eigenvalue weighted by Crippen LogP contribution is 2.39. The summed E-state index contributed by atoms with van der Waals surface area (Å²) in [5, 5.41) is 0.992. The lowest BCUT2D eigenvalue weighted by Crippen LogP contribution is -2.39. The second-order valence-corrected chi connectivity index (χ2v) is 8.43. The van der Waals surface area contributed by atoms with E-state index in [1.807, 2.05) is 17.0 Å². The summed E-state index contributed by atoms with van der Waals surface area (Å²) >= 11 is 1.42. The van der Waals surface area contributed by atoms with Crippen LogP contribution < -0.4 is 5.56 Å². The fourth-order valence-corrected chi connectivity index (χ4v) is 5.09. The summed E-state index contributed by atoms with van der Waals surface area (Å²) in [6.07, 6.45) is 4.95. The number of aromatic nitrogens is 2. The SMILES string of the molecule is CN(C)C(=O)c1sc2ncccc2c1[C@H]1CCCN(C(=O)c2ccc(=O)[nH]c2)C1. The van der Waals surface area contributed by atoms with Crippen molar-refractivity contribution in [1.29, 1.82) is 0 Å². The second kappa shape index (κ2) is 7.79. The van der Waals surface area contributed by atoms with E-state index in [1.165, 1.54) is 23.6 Å². The Morgan fingerprint density at radius 2 is 2.10 bits per heavy atom. The standard InChI is InChI=1S/C21H22N4O3S/c1-24(2)21(28)18-17(15-6-3-9-22-19(15)29-18)14-5-4-10-25(12-14)20(27)13-7-8-16(26)23-11-13/h3,6-9,11,14H,4-5,10,12H2,1-2H3,(H,23,26)/t14-/m0/s1. The highest BCUT2D eigenvalue weighted by atomic mass is 32.1. The molecule has 150 valence electrons. The Kier molecular flexibility index (Phi) is 5.19. The van der Waals surface area contributed by atoms with Gasteiger partial charge in [0, 0.05) is 56.9 Å². The summed E-state index contributed by atoms with van der Waals surface area (Å²) in [5.41, 5.74) is 1.23. The zero-order valence-electron chi connectivity index (χ0n) is 16.3. The molecule has 3 aromatic heterocycles. The van der Waals surface area contributed by atoms with Gasteiger partial charge in [0.15, 0.2) is 0 Å². The molecule has 0 bridgehead atoms. The predicted molar refractivity (Wildman–Crippen MR) is 113 cm³/mol. The van der Waals surface area contributed by atoms with Gasteiger partial charge in [-0.1, -0.05) is 6.07 Å². The maximum absolute atomic E-state index is 12.9. The van der Waals surface area contributed by atoms with Gasteiger partial charge in [0.05, 0.1) is 10.4 Å². The van der Waals surface area contributed by atoms with Gasteiger partial charge in [-0.15, -0.1) is 11.3 Å². The zero-order valence-corrected chi connectivity index (χ0v) is 17.2. The Morgan fingerprint density at radius 3 is 2.83 bits per heavy atom. The van der Waals surface area contributed by atoms with Gasteiger partial charge in [0.25, 0.3) is 11.8 Å². The summed E-state index contributed by atoms with van der Waals surface area (Å²) in [5.74, 6) is -0.0801. The summed E-state index contributed by atoms with van der Waals surface area (Å²) < 4.78 is 0. The van der Waals surface area contributed by atoms with Gasteiger partial charge < -0.3 is 14.8 Å². The fourth-order valence-electron chi connectivity index (χ4n) is 3.84. The molecule has 29 heavy (non-hydrogen) atoms.